The van der Waals surface area contributed by atoms with Gasteiger partial charge in [0.25, 0.3) is 0 Å². The van der Waals surface area contributed by atoms with Crippen LogP contribution in [0.3, 0.4) is 0 Å². The van der Waals surface area contributed by atoms with Gasteiger partial charge in [-0.15, -0.1) is 0 Å². The number of halogens is 1. The van der Waals surface area contributed by atoms with Crippen LogP contribution >= 0.6 is 15.9 Å². The second kappa shape index (κ2) is 6.01. The van der Waals surface area contributed by atoms with Gasteiger partial charge >= 0.3 is 5.97 Å². The second-order valence-corrected chi connectivity index (χ2v) is 6.88. The minimum Gasteiger partial charge on any atom is -0.459 e. The Labute approximate surface area is 107 Å². The molecule has 0 aliphatic heterocycles. The van der Waals surface area contributed by atoms with Gasteiger partial charge in [0, 0.05) is 6.42 Å². The van der Waals surface area contributed by atoms with Gasteiger partial charge in [0.15, 0.2) is 0 Å². The first-order valence-electron chi connectivity index (χ1n) is 5.54. The third-order valence-corrected chi connectivity index (χ3v) is 2.31. The second-order valence-electron chi connectivity index (χ2n) is 5.51. The molecule has 0 rings (SSSR count). The van der Waals surface area contributed by atoms with E-state index in [1.165, 1.54) is 0 Å². The highest BCUT2D eigenvalue weighted by Crippen LogP contribution is 2.19. The van der Waals surface area contributed by atoms with Crippen molar-refractivity contribution in [3.8, 4) is 0 Å². The summed E-state index contributed by atoms with van der Waals surface area (Å²) < 4.78 is 11.0. The Balaban J connectivity index is 4.01. The van der Waals surface area contributed by atoms with Gasteiger partial charge < -0.3 is 9.47 Å². The minimum atomic E-state index is -0.482. The summed E-state index contributed by atoms with van der Waals surface area (Å²) in [5.41, 5.74) is -0.632. The van der Waals surface area contributed by atoms with E-state index in [1.807, 2.05) is 34.6 Å². The number of hydrogen-bond donors (Lipinski definition) is 0. The molecule has 0 radical (unpaired) electrons. The molecule has 0 aliphatic rings. The SMILES string of the molecule is CC(Br)C(=O)OC(C)(C)CCOC(C)(C)C. The molecule has 0 aliphatic carbocycles. The summed E-state index contributed by atoms with van der Waals surface area (Å²) in [6, 6.07) is 0. The van der Waals surface area contributed by atoms with Gasteiger partial charge in [0.1, 0.15) is 10.4 Å². The van der Waals surface area contributed by atoms with Crippen LogP contribution in [0.4, 0.5) is 0 Å². The standard InChI is InChI=1S/C12H23BrO3/c1-9(13)10(14)16-12(5,6)7-8-15-11(2,3)4/h9H,7-8H2,1-6H3. The van der Waals surface area contributed by atoms with Crippen molar-refractivity contribution < 1.29 is 14.3 Å². The van der Waals surface area contributed by atoms with E-state index in [4.69, 9.17) is 9.47 Å². The Morgan fingerprint density at radius 2 is 1.75 bits per heavy atom. The zero-order valence-corrected chi connectivity index (χ0v) is 12.7. The molecule has 0 heterocycles. The van der Waals surface area contributed by atoms with Crippen LogP contribution in [0.15, 0.2) is 0 Å². The van der Waals surface area contributed by atoms with Crippen LogP contribution in [0.25, 0.3) is 0 Å². The summed E-state index contributed by atoms with van der Waals surface area (Å²) in [6.45, 7) is 12.1. The smallest absolute Gasteiger partial charge is 0.319 e. The van der Waals surface area contributed by atoms with Crippen molar-refractivity contribution in [2.24, 2.45) is 0 Å². The van der Waals surface area contributed by atoms with Crippen molar-refractivity contribution in [1.82, 2.24) is 0 Å². The first-order chi connectivity index (χ1) is 7.03. The number of ether oxygens (including phenoxy) is 2. The Morgan fingerprint density at radius 3 is 2.12 bits per heavy atom. The Morgan fingerprint density at radius 1 is 1.25 bits per heavy atom. The summed E-state index contributed by atoms with van der Waals surface area (Å²) in [5.74, 6) is -0.235. The maximum absolute atomic E-state index is 11.4. The predicted octanol–water partition coefficient (Wildman–Crippen LogP) is 3.30. The number of rotatable bonds is 5. The van der Waals surface area contributed by atoms with E-state index in [0.29, 0.717) is 13.0 Å². The fourth-order valence-electron chi connectivity index (χ4n) is 1.01. The first-order valence-corrected chi connectivity index (χ1v) is 6.46. The first kappa shape index (κ1) is 15.9. The fraction of sp³-hybridized carbons (Fsp3) is 0.917. The van der Waals surface area contributed by atoms with Gasteiger partial charge in [-0.25, -0.2) is 0 Å². The lowest BCUT2D eigenvalue weighted by Crippen LogP contribution is -2.33. The molecule has 0 saturated heterocycles. The van der Waals surface area contributed by atoms with Crippen LogP contribution in [0.5, 0.6) is 0 Å². The summed E-state index contributed by atoms with van der Waals surface area (Å²) >= 11 is 3.19. The van der Waals surface area contributed by atoms with Crippen molar-refractivity contribution in [2.45, 2.75) is 64.0 Å². The van der Waals surface area contributed by atoms with Gasteiger partial charge in [0.05, 0.1) is 12.2 Å². The molecule has 16 heavy (non-hydrogen) atoms. The summed E-state index contributed by atoms with van der Waals surface area (Å²) in [6.07, 6.45) is 0.690. The van der Waals surface area contributed by atoms with Crippen molar-refractivity contribution >= 4 is 21.9 Å². The van der Waals surface area contributed by atoms with Crippen molar-refractivity contribution in [3.05, 3.63) is 0 Å². The number of carbonyl (C=O) groups is 1. The zero-order valence-electron chi connectivity index (χ0n) is 11.1. The monoisotopic (exact) mass is 294 g/mol. The molecule has 0 aromatic carbocycles. The molecule has 0 N–H and O–H groups in total. The molecule has 96 valence electrons. The normalized spacial score (nSPS) is 14.7. The van der Waals surface area contributed by atoms with Crippen molar-refractivity contribution in [1.29, 1.82) is 0 Å². The largest absolute Gasteiger partial charge is 0.459 e. The molecular formula is C12H23BrO3. The summed E-state index contributed by atoms with van der Waals surface area (Å²) in [5, 5.41) is 0. The Bertz CT molecular complexity index is 229. The van der Waals surface area contributed by atoms with E-state index in [1.54, 1.807) is 6.92 Å². The van der Waals surface area contributed by atoms with Crippen LogP contribution in [0, 0.1) is 0 Å². The number of hydrogen-bond acceptors (Lipinski definition) is 3. The molecule has 0 aromatic heterocycles. The molecule has 0 amide bonds. The van der Waals surface area contributed by atoms with Gasteiger partial charge in [-0.1, -0.05) is 15.9 Å². The molecule has 0 fully saturated rings. The molecule has 0 aromatic rings. The molecule has 1 atom stereocenters. The topological polar surface area (TPSA) is 35.5 Å². The van der Waals surface area contributed by atoms with Crippen molar-refractivity contribution in [2.75, 3.05) is 6.61 Å². The van der Waals surface area contributed by atoms with Crippen LogP contribution in [0.2, 0.25) is 0 Å². The highest BCUT2D eigenvalue weighted by Gasteiger charge is 2.25. The van der Waals surface area contributed by atoms with Gasteiger partial charge in [0.2, 0.25) is 0 Å². The highest BCUT2D eigenvalue weighted by atomic mass is 79.9. The van der Waals surface area contributed by atoms with Gasteiger partial charge in [-0.3, -0.25) is 4.79 Å². The van der Waals surface area contributed by atoms with E-state index in [9.17, 15) is 4.79 Å². The minimum absolute atomic E-state index is 0.150. The number of carbonyl (C=O) groups excluding carboxylic acids is 1. The van der Waals surface area contributed by atoms with Crippen LogP contribution in [-0.2, 0) is 14.3 Å². The molecule has 0 spiro atoms. The summed E-state index contributed by atoms with van der Waals surface area (Å²) in [4.78, 5) is 11.1. The third-order valence-electron chi connectivity index (χ3n) is 1.94. The van der Waals surface area contributed by atoms with E-state index in [-0.39, 0.29) is 16.4 Å². The maximum atomic E-state index is 11.4. The molecule has 3 nitrogen and oxygen atoms in total. The van der Waals surface area contributed by atoms with Crippen molar-refractivity contribution in [3.63, 3.8) is 0 Å². The third kappa shape index (κ3) is 8.11. The van der Waals surface area contributed by atoms with Crippen LogP contribution < -0.4 is 0 Å². The van der Waals surface area contributed by atoms with Crippen LogP contribution in [0.1, 0.15) is 48.0 Å². The van der Waals surface area contributed by atoms with Gasteiger partial charge in [-0.2, -0.15) is 0 Å². The quantitative estimate of drug-likeness (QED) is 0.576. The van der Waals surface area contributed by atoms with E-state index in [0.717, 1.165) is 0 Å². The van der Waals surface area contributed by atoms with E-state index >= 15 is 0 Å². The average Bonchev–Trinajstić information content (AvgIpc) is 1.99. The van der Waals surface area contributed by atoms with Gasteiger partial charge in [-0.05, 0) is 41.5 Å². The fourth-order valence-corrected chi connectivity index (χ4v) is 1.10. The Hall–Kier alpha value is -0.0900. The lowest BCUT2D eigenvalue weighted by molar-refractivity contribution is -0.157. The zero-order chi connectivity index (χ0) is 13.0. The number of alkyl halides is 1. The molecule has 1 unspecified atom stereocenters. The molecule has 4 heteroatoms. The summed E-state index contributed by atoms with van der Waals surface area (Å²) in [7, 11) is 0. The molecule has 0 saturated carbocycles. The predicted molar refractivity (Wildman–Crippen MR) is 68.9 cm³/mol. The molecule has 0 bridgehead atoms. The van der Waals surface area contributed by atoms with E-state index in [2.05, 4.69) is 15.9 Å². The average molecular weight is 295 g/mol. The Kier molecular flexibility index (Phi) is 5.98. The lowest BCUT2D eigenvalue weighted by atomic mass is 10.1. The lowest BCUT2D eigenvalue weighted by Gasteiger charge is -2.28. The van der Waals surface area contributed by atoms with Crippen LogP contribution in [-0.4, -0.2) is 28.6 Å². The number of esters is 1. The molecular weight excluding hydrogens is 272 g/mol. The van der Waals surface area contributed by atoms with E-state index < -0.39 is 5.60 Å². The maximum Gasteiger partial charge on any atom is 0.319 e. The highest BCUT2D eigenvalue weighted by molar-refractivity contribution is 9.10.